The third-order valence-electron chi connectivity index (χ3n) is 1.84. The summed E-state index contributed by atoms with van der Waals surface area (Å²) in [5.74, 6) is 0. The van der Waals surface area contributed by atoms with Gasteiger partial charge >= 0.3 is 0 Å². The van der Waals surface area contributed by atoms with Crippen LogP contribution in [-0.2, 0) is 9.47 Å². The Kier molecular flexibility index (Phi) is 3.14. The summed E-state index contributed by atoms with van der Waals surface area (Å²) in [5, 5.41) is 0.551. The summed E-state index contributed by atoms with van der Waals surface area (Å²) in [6.45, 7) is 1.20. The molecule has 0 saturated carbocycles. The minimum atomic E-state index is -0.406. The quantitative estimate of drug-likeness (QED) is 0.750. The summed E-state index contributed by atoms with van der Waals surface area (Å²) in [6.07, 6.45) is 4.84. The summed E-state index contributed by atoms with van der Waals surface area (Å²) in [7, 11) is 0. The van der Waals surface area contributed by atoms with Gasteiger partial charge < -0.3 is 9.47 Å². The molecule has 2 rings (SSSR count). The summed E-state index contributed by atoms with van der Waals surface area (Å²) in [5.41, 5.74) is 0.941. The molecule has 4 heteroatoms. The van der Waals surface area contributed by atoms with Crippen molar-refractivity contribution >= 4 is 17.7 Å². The Morgan fingerprint density at radius 3 is 2.93 bits per heavy atom. The van der Waals surface area contributed by atoms with Crippen molar-refractivity contribution in [2.75, 3.05) is 13.2 Å². The number of aromatic nitrogens is 1. The molecule has 0 aromatic carbocycles. The van der Waals surface area contributed by atoms with Crippen LogP contribution in [0.5, 0.6) is 0 Å². The van der Waals surface area contributed by atoms with Crippen molar-refractivity contribution in [3.63, 3.8) is 0 Å². The van der Waals surface area contributed by atoms with Crippen LogP contribution in [0.4, 0.5) is 0 Å². The smallest absolute Gasteiger partial charge is 0.194 e. The van der Waals surface area contributed by atoms with Crippen molar-refractivity contribution in [3.8, 4) is 0 Å². The van der Waals surface area contributed by atoms with Crippen LogP contribution in [0.15, 0.2) is 29.6 Å². The topological polar surface area (TPSA) is 31.4 Å². The SMILES string of the molecule is Cl/C(=C\c1cccnc1)C1OCCO1. The maximum Gasteiger partial charge on any atom is 0.194 e. The lowest BCUT2D eigenvalue weighted by atomic mass is 10.2. The predicted molar refractivity (Wildman–Crippen MR) is 53.8 cm³/mol. The number of ether oxygens (including phenoxy) is 2. The van der Waals surface area contributed by atoms with E-state index in [4.69, 9.17) is 21.1 Å². The summed E-state index contributed by atoms with van der Waals surface area (Å²) in [4.78, 5) is 3.98. The van der Waals surface area contributed by atoms with E-state index >= 15 is 0 Å². The van der Waals surface area contributed by atoms with Gasteiger partial charge in [0, 0.05) is 12.4 Å². The van der Waals surface area contributed by atoms with Crippen molar-refractivity contribution < 1.29 is 9.47 Å². The van der Waals surface area contributed by atoms with Crippen LogP contribution in [0.2, 0.25) is 0 Å². The molecule has 0 spiro atoms. The molecule has 0 radical (unpaired) electrons. The second-order valence-corrected chi connectivity index (χ2v) is 3.33. The van der Waals surface area contributed by atoms with Crippen LogP contribution in [0.3, 0.4) is 0 Å². The Bertz CT molecular complexity index is 320. The minimum absolute atomic E-state index is 0.406. The maximum absolute atomic E-state index is 6.00. The van der Waals surface area contributed by atoms with E-state index in [-0.39, 0.29) is 0 Å². The van der Waals surface area contributed by atoms with E-state index in [2.05, 4.69) is 4.98 Å². The molecule has 74 valence electrons. The molecule has 1 fully saturated rings. The fourth-order valence-electron chi connectivity index (χ4n) is 1.21. The highest BCUT2D eigenvalue weighted by Gasteiger charge is 2.18. The molecule has 1 aromatic rings. The molecule has 0 unspecified atom stereocenters. The van der Waals surface area contributed by atoms with Crippen molar-refractivity contribution in [3.05, 3.63) is 35.1 Å². The number of nitrogens with zero attached hydrogens (tertiary/aromatic N) is 1. The van der Waals surface area contributed by atoms with E-state index in [0.717, 1.165) is 5.56 Å². The normalized spacial score (nSPS) is 18.8. The molecule has 3 nitrogen and oxygen atoms in total. The number of hydrogen-bond donors (Lipinski definition) is 0. The summed E-state index contributed by atoms with van der Waals surface area (Å²) < 4.78 is 10.5. The average molecular weight is 212 g/mol. The van der Waals surface area contributed by atoms with Crippen LogP contribution in [0.1, 0.15) is 5.56 Å². The van der Waals surface area contributed by atoms with Crippen LogP contribution < -0.4 is 0 Å². The monoisotopic (exact) mass is 211 g/mol. The van der Waals surface area contributed by atoms with E-state index in [0.29, 0.717) is 18.2 Å². The van der Waals surface area contributed by atoms with Gasteiger partial charge in [0.1, 0.15) is 0 Å². The zero-order chi connectivity index (χ0) is 9.80. The molecular formula is C10H10ClNO2. The second-order valence-electron chi connectivity index (χ2n) is 2.89. The van der Waals surface area contributed by atoms with Gasteiger partial charge in [0.25, 0.3) is 0 Å². The molecule has 2 heterocycles. The Labute approximate surface area is 87.3 Å². The van der Waals surface area contributed by atoms with E-state index < -0.39 is 6.29 Å². The summed E-state index contributed by atoms with van der Waals surface area (Å²) in [6, 6.07) is 3.77. The Balaban J connectivity index is 2.10. The van der Waals surface area contributed by atoms with Crippen molar-refractivity contribution in [1.29, 1.82) is 0 Å². The average Bonchev–Trinajstić information content (AvgIpc) is 2.72. The first kappa shape index (κ1) is 9.65. The van der Waals surface area contributed by atoms with Crippen LogP contribution in [-0.4, -0.2) is 24.5 Å². The van der Waals surface area contributed by atoms with Gasteiger partial charge in [0.15, 0.2) is 6.29 Å². The van der Waals surface area contributed by atoms with Crippen LogP contribution >= 0.6 is 11.6 Å². The molecule has 0 atom stereocenters. The predicted octanol–water partition coefficient (Wildman–Crippen LogP) is 2.03. The van der Waals surface area contributed by atoms with E-state index in [1.807, 2.05) is 12.1 Å². The number of pyridine rings is 1. The number of hydrogen-bond acceptors (Lipinski definition) is 3. The van der Waals surface area contributed by atoms with Gasteiger partial charge in [-0.15, -0.1) is 0 Å². The standard InChI is InChI=1S/C10H10ClNO2/c11-9(10-13-4-5-14-10)6-8-2-1-3-12-7-8/h1-3,6-7,10H,4-5H2/b9-6-. The van der Waals surface area contributed by atoms with Gasteiger partial charge in [-0.1, -0.05) is 17.7 Å². The zero-order valence-corrected chi connectivity index (χ0v) is 8.28. The molecule has 0 bridgehead atoms. The highest BCUT2D eigenvalue weighted by molar-refractivity contribution is 6.32. The first-order chi connectivity index (χ1) is 6.86. The first-order valence-corrected chi connectivity index (χ1v) is 4.74. The molecular weight excluding hydrogens is 202 g/mol. The molecule has 1 aliphatic rings. The van der Waals surface area contributed by atoms with Crippen molar-refractivity contribution in [2.24, 2.45) is 0 Å². The van der Waals surface area contributed by atoms with Gasteiger partial charge in [0.2, 0.25) is 0 Å². The van der Waals surface area contributed by atoms with Crippen molar-refractivity contribution in [2.45, 2.75) is 6.29 Å². The van der Waals surface area contributed by atoms with Gasteiger partial charge in [-0.2, -0.15) is 0 Å². The third-order valence-corrected chi connectivity index (χ3v) is 2.12. The van der Waals surface area contributed by atoms with Gasteiger partial charge in [0.05, 0.1) is 18.2 Å². The lowest BCUT2D eigenvalue weighted by Crippen LogP contribution is -2.06. The Morgan fingerprint density at radius 2 is 2.29 bits per heavy atom. The van der Waals surface area contributed by atoms with Crippen LogP contribution in [0, 0.1) is 0 Å². The fraction of sp³-hybridized carbons (Fsp3) is 0.300. The van der Waals surface area contributed by atoms with E-state index in [1.165, 1.54) is 0 Å². The van der Waals surface area contributed by atoms with E-state index in [1.54, 1.807) is 18.5 Å². The second kappa shape index (κ2) is 4.55. The Hall–Kier alpha value is -0.900. The first-order valence-electron chi connectivity index (χ1n) is 4.36. The lowest BCUT2D eigenvalue weighted by molar-refractivity contribution is -0.00458. The fourth-order valence-corrected chi connectivity index (χ4v) is 1.46. The molecule has 0 amide bonds. The molecule has 0 N–H and O–H groups in total. The van der Waals surface area contributed by atoms with Gasteiger partial charge in [-0.3, -0.25) is 4.98 Å². The van der Waals surface area contributed by atoms with E-state index in [9.17, 15) is 0 Å². The third kappa shape index (κ3) is 2.32. The molecule has 14 heavy (non-hydrogen) atoms. The number of rotatable bonds is 2. The van der Waals surface area contributed by atoms with Crippen LogP contribution in [0.25, 0.3) is 6.08 Å². The molecule has 1 aliphatic heterocycles. The Morgan fingerprint density at radius 1 is 1.50 bits per heavy atom. The molecule has 1 saturated heterocycles. The highest BCUT2D eigenvalue weighted by atomic mass is 35.5. The van der Waals surface area contributed by atoms with Crippen molar-refractivity contribution in [1.82, 2.24) is 4.98 Å². The highest BCUT2D eigenvalue weighted by Crippen LogP contribution is 2.20. The zero-order valence-electron chi connectivity index (χ0n) is 7.52. The largest absolute Gasteiger partial charge is 0.345 e. The summed E-state index contributed by atoms with van der Waals surface area (Å²) >= 11 is 6.00. The van der Waals surface area contributed by atoms with Gasteiger partial charge in [-0.25, -0.2) is 0 Å². The lowest BCUT2D eigenvalue weighted by Gasteiger charge is -2.06. The maximum atomic E-state index is 6.00. The molecule has 0 aliphatic carbocycles. The van der Waals surface area contributed by atoms with Gasteiger partial charge in [-0.05, 0) is 17.7 Å². The number of halogens is 1. The molecule has 1 aromatic heterocycles. The minimum Gasteiger partial charge on any atom is -0.345 e.